The highest BCUT2D eigenvalue weighted by molar-refractivity contribution is 7.10. The molecule has 1 atom stereocenters. The minimum atomic E-state index is -0.704. The number of aromatic nitrogens is 1. The van der Waals surface area contributed by atoms with Gasteiger partial charge < -0.3 is 15.7 Å². The van der Waals surface area contributed by atoms with E-state index in [1.54, 1.807) is 17.4 Å². The van der Waals surface area contributed by atoms with E-state index in [1.807, 2.05) is 6.92 Å². The topological polar surface area (TPSA) is 74.2 Å². The fourth-order valence-electron chi connectivity index (χ4n) is 4.10. The van der Waals surface area contributed by atoms with Crippen LogP contribution in [0.25, 0.3) is 5.57 Å². The molecule has 1 aliphatic heterocycles. The Morgan fingerprint density at radius 2 is 2.07 bits per heavy atom. The van der Waals surface area contributed by atoms with Crippen LogP contribution >= 0.6 is 11.3 Å². The Hall–Kier alpha value is -2.41. The van der Waals surface area contributed by atoms with Gasteiger partial charge >= 0.3 is 6.03 Å². The summed E-state index contributed by atoms with van der Waals surface area (Å²) in [6.07, 6.45) is 6.76. The first-order valence-corrected chi connectivity index (χ1v) is 10.7. The van der Waals surface area contributed by atoms with Crippen LogP contribution in [0.5, 0.6) is 5.75 Å². The summed E-state index contributed by atoms with van der Waals surface area (Å²) in [7, 11) is 0. The maximum absolute atomic E-state index is 14.0. The molecule has 1 unspecified atom stereocenters. The number of nitrogens with zero attached hydrogens (tertiary/aromatic N) is 1. The number of benzene rings is 1. The number of urea groups is 1. The predicted molar refractivity (Wildman–Crippen MR) is 108 cm³/mol. The summed E-state index contributed by atoms with van der Waals surface area (Å²) in [5.74, 6) is -0.607. The lowest BCUT2D eigenvalue weighted by Gasteiger charge is -2.29. The van der Waals surface area contributed by atoms with Crippen molar-refractivity contribution in [2.45, 2.75) is 57.4 Å². The average Bonchev–Trinajstić information content (AvgIpc) is 3.19. The van der Waals surface area contributed by atoms with Gasteiger partial charge in [0, 0.05) is 22.6 Å². The van der Waals surface area contributed by atoms with Crippen LogP contribution in [0.15, 0.2) is 29.3 Å². The Kier molecular flexibility index (Phi) is 5.35. The molecule has 3 N–H and O–H groups in total. The van der Waals surface area contributed by atoms with Crippen molar-refractivity contribution < 1.29 is 14.3 Å². The summed E-state index contributed by atoms with van der Waals surface area (Å²) in [5.41, 5.74) is 3.38. The molecule has 0 spiro atoms. The van der Waals surface area contributed by atoms with E-state index in [2.05, 4.69) is 16.0 Å². The summed E-state index contributed by atoms with van der Waals surface area (Å²) in [5, 5.41) is 18.3. The fraction of sp³-hybridized carbons (Fsp3) is 0.429. The molecule has 0 radical (unpaired) electrons. The lowest BCUT2D eigenvalue weighted by Crippen LogP contribution is -2.43. The Labute approximate surface area is 167 Å². The number of carbonyl (C=O) groups excluding carboxylic acids is 1. The summed E-state index contributed by atoms with van der Waals surface area (Å²) in [4.78, 5) is 17.1. The number of phenols is 1. The van der Waals surface area contributed by atoms with Gasteiger partial charge in [0.25, 0.3) is 0 Å². The monoisotopic (exact) mass is 401 g/mol. The second-order valence-corrected chi connectivity index (χ2v) is 8.26. The molecule has 2 aliphatic rings. The molecule has 1 aromatic carbocycles. The van der Waals surface area contributed by atoms with Crippen molar-refractivity contribution in [3.8, 4) is 5.75 Å². The van der Waals surface area contributed by atoms with Crippen LogP contribution in [0, 0.1) is 5.82 Å². The molecular weight excluding hydrogens is 377 g/mol. The van der Waals surface area contributed by atoms with E-state index in [1.165, 1.54) is 44.2 Å². The van der Waals surface area contributed by atoms with Gasteiger partial charge in [0.15, 0.2) is 11.6 Å². The number of allylic oxidation sites excluding steroid dienone is 1. The molecule has 2 heterocycles. The molecule has 5 nitrogen and oxygen atoms in total. The molecule has 2 aromatic rings. The number of halogens is 1. The summed E-state index contributed by atoms with van der Waals surface area (Å²) in [6.45, 7) is 1.98. The van der Waals surface area contributed by atoms with Crippen molar-refractivity contribution in [1.82, 2.24) is 15.6 Å². The number of phenolic OH excluding ortho intramolecular Hbond substituents is 1. The van der Waals surface area contributed by atoms with Crippen molar-refractivity contribution in [3.05, 3.63) is 51.4 Å². The maximum atomic E-state index is 14.0. The summed E-state index contributed by atoms with van der Waals surface area (Å²) < 4.78 is 14.0. The van der Waals surface area contributed by atoms with Crippen molar-refractivity contribution in [3.63, 3.8) is 0 Å². The number of aromatic hydroxyl groups is 1. The van der Waals surface area contributed by atoms with Gasteiger partial charge in [-0.1, -0.05) is 32.3 Å². The smallest absolute Gasteiger partial charge is 0.319 e. The zero-order valence-corrected chi connectivity index (χ0v) is 16.6. The zero-order valence-electron chi connectivity index (χ0n) is 15.8. The summed E-state index contributed by atoms with van der Waals surface area (Å²) >= 11 is 1.57. The first-order chi connectivity index (χ1) is 13.6. The molecule has 1 fully saturated rings. The largest absolute Gasteiger partial charge is 0.505 e. The van der Waals surface area contributed by atoms with E-state index in [0.29, 0.717) is 17.9 Å². The number of rotatable bonds is 4. The van der Waals surface area contributed by atoms with Crippen LogP contribution < -0.4 is 10.6 Å². The SMILES string of the molecule is CCC1=C(c2nc(C3CCCCC3)cs2)C(c2ccc(O)c(F)c2)NC(=O)N1. The maximum Gasteiger partial charge on any atom is 0.319 e. The highest BCUT2D eigenvalue weighted by atomic mass is 32.1. The standard InChI is InChI=1S/C21H24FN3O2S/c1-2-15-18(20-23-16(11-28-20)12-6-4-3-5-7-12)19(25-21(27)24-15)13-8-9-17(26)14(22)10-13/h8-12,19,26H,2-7H2,1H3,(H2,24,25,27). The van der Waals surface area contributed by atoms with Crippen LogP contribution in [0.1, 0.15) is 73.7 Å². The van der Waals surface area contributed by atoms with Crippen molar-refractivity contribution in [2.75, 3.05) is 0 Å². The highest BCUT2D eigenvalue weighted by Crippen LogP contribution is 2.40. The third kappa shape index (κ3) is 3.63. The molecule has 28 heavy (non-hydrogen) atoms. The van der Waals surface area contributed by atoms with E-state index < -0.39 is 17.6 Å². The number of amides is 2. The Morgan fingerprint density at radius 1 is 1.29 bits per heavy atom. The van der Waals surface area contributed by atoms with Crippen molar-refractivity contribution in [2.24, 2.45) is 0 Å². The van der Waals surface area contributed by atoms with Crippen LogP contribution in [-0.4, -0.2) is 16.1 Å². The van der Waals surface area contributed by atoms with Crippen LogP contribution in [0.4, 0.5) is 9.18 Å². The predicted octanol–water partition coefficient (Wildman–Crippen LogP) is 5.21. The number of nitrogens with one attached hydrogen (secondary N) is 2. The Bertz CT molecular complexity index is 918. The minimum Gasteiger partial charge on any atom is -0.505 e. The van der Waals surface area contributed by atoms with E-state index >= 15 is 0 Å². The van der Waals surface area contributed by atoms with Gasteiger partial charge in [-0.05, 0) is 37.0 Å². The number of thiazole rings is 1. The van der Waals surface area contributed by atoms with Gasteiger partial charge in [0.1, 0.15) is 5.01 Å². The fourth-order valence-corrected chi connectivity index (χ4v) is 5.10. The summed E-state index contributed by atoms with van der Waals surface area (Å²) in [6, 6.07) is 3.40. The molecule has 1 aliphatic carbocycles. The van der Waals surface area contributed by atoms with E-state index in [9.17, 15) is 14.3 Å². The molecule has 1 aromatic heterocycles. The molecule has 2 amide bonds. The second-order valence-electron chi connectivity index (χ2n) is 7.40. The average molecular weight is 402 g/mol. The van der Waals surface area contributed by atoms with Gasteiger partial charge in [0.2, 0.25) is 0 Å². The normalized spacial score (nSPS) is 20.8. The lowest BCUT2D eigenvalue weighted by molar-refractivity contribution is 0.240. The quantitative estimate of drug-likeness (QED) is 0.658. The highest BCUT2D eigenvalue weighted by Gasteiger charge is 2.31. The first kappa shape index (κ1) is 18.9. The Morgan fingerprint density at radius 3 is 2.79 bits per heavy atom. The van der Waals surface area contributed by atoms with E-state index in [4.69, 9.17) is 4.98 Å². The van der Waals surface area contributed by atoms with Gasteiger partial charge in [-0.15, -0.1) is 11.3 Å². The molecule has 148 valence electrons. The minimum absolute atomic E-state index is 0.317. The molecule has 4 rings (SSSR count). The third-order valence-electron chi connectivity index (χ3n) is 5.59. The molecule has 0 saturated heterocycles. The van der Waals surface area contributed by atoms with E-state index in [-0.39, 0.29) is 6.03 Å². The second kappa shape index (κ2) is 7.91. The van der Waals surface area contributed by atoms with Gasteiger partial charge in [0.05, 0.1) is 11.7 Å². The first-order valence-electron chi connectivity index (χ1n) is 9.81. The molecule has 0 bridgehead atoms. The van der Waals surface area contributed by atoms with Crippen LogP contribution in [0.3, 0.4) is 0 Å². The number of hydrogen-bond donors (Lipinski definition) is 3. The van der Waals surface area contributed by atoms with Crippen molar-refractivity contribution >= 4 is 22.9 Å². The van der Waals surface area contributed by atoms with E-state index in [0.717, 1.165) is 22.0 Å². The number of hydrogen-bond acceptors (Lipinski definition) is 4. The van der Waals surface area contributed by atoms with Gasteiger partial charge in [-0.2, -0.15) is 0 Å². The van der Waals surface area contributed by atoms with Crippen molar-refractivity contribution in [1.29, 1.82) is 0 Å². The van der Waals surface area contributed by atoms with Gasteiger partial charge in [-0.25, -0.2) is 14.2 Å². The molecule has 7 heteroatoms. The third-order valence-corrected chi connectivity index (χ3v) is 6.48. The molecular formula is C21H24FN3O2S. The lowest BCUT2D eigenvalue weighted by atomic mass is 9.87. The van der Waals surface area contributed by atoms with Crippen LogP contribution in [-0.2, 0) is 0 Å². The van der Waals surface area contributed by atoms with Crippen LogP contribution in [0.2, 0.25) is 0 Å². The zero-order chi connectivity index (χ0) is 19.7. The Balaban J connectivity index is 1.74. The molecule has 1 saturated carbocycles. The van der Waals surface area contributed by atoms with Gasteiger partial charge in [-0.3, -0.25) is 0 Å². The number of carbonyl (C=O) groups is 1.